The third-order valence-electron chi connectivity index (χ3n) is 10.8. The number of morpholine rings is 1. The topological polar surface area (TPSA) is 53.8 Å². The number of aryl methyl sites for hydroxylation is 1. The molecular weight excluding hydrogens is 624 g/mol. The number of ether oxygens (including phenoxy) is 5. The van der Waals surface area contributed by atoms with Gasteiger partial charge >= 0.3 is 0 Å². The summed E-state index contributed by atoms with van der Waals surface area (Å²) < 4.78 is 31.5. The van der Waals surface area contributed by atoms with E-state index in [1.807, 2.05) is 24.3 Å². The number of nitrogens with zero attached hydrogens (tertiary/aromatic N) is 2. The van der Waals surface area contributed by atoms with Gasteiger partial charge in [0.05, 0.1) is 39.7 Å². The van der Waals surface area contributed by atoms with Gasteiger partial charge in [0, 0.05) is 47.8 Å². The largest absolute Gasteiger partial charge is 0.497 e. The fourth-order valence-corrected chi connectivity index (χ4v) is 8.20. The first-order valence-electron chi connectivity index (χ1n) is 17.1. The van der Waals surface area contributed by atoms with Gasteiger partial charge in [-0.1, -0.05) is 67.1 Å². The van der Waals surface area contributed by atoms with Crippen molar-refractivity contribution in [2.75, 3.05) is 52.5 Å². The Kier molecular flexibility index (Phi) is 7.82. The minimum absolute atomic E-state index is 0.588. The van der Waals surface area contributed by atoms with E-state index in [2.05, 4.69) is 90.3 Å². The van der Waals surface area contributed by atoms with E-state index in [4.69, 9.17) is 30.3 Å². The minimum Gasteiger partial charge on any atom is -0.497 e. The van der Waals surface area contributed by atoms with Gasteiger partial charge in [0.25, 0.3) is 0 Å². The molecule has 50 heavy (non-hydrogen) atoms. The van der Waals surface area contributed by atoms with Crippen LogP contribution in [0.1, 0.15) is 46.7 Å². The van der Waals surface area contributed by atoms with E-state index in [0.29, 0.717) is 25.3 Å². The number of rotatable bonds is 7. The Morgan fingerprint density at radius 3 is 2.22 bits per heavy atom. The first kappa shape index (κ1) is 31.9. The third-order valence-corrected chi connectivity index (χ3v) is 10.8. The zero-order valence-corrected chi connectivity index (χ0v) is 29.1. The van der Waals surface area contributed by atoms with Gasteiger partial charge < -0.3 is 28.6 Å². The monoisotopic (exact) mass is 664 g/mol. The molecule has 0 radical (unpaired) electrons. The van der Waals surface area contributed by atoms with E-state index in [1.54, 1.807) is 21.3 Å². The lowest BCUT2D eigenvalue weighted by Gasteiger charge is -2.39. The summed E-state index contributed by atoms with van der Waals surface area (Å²) in [6.45, 7) is 14.9. The van der Waals surface area contributed by atoms with Gasteiger partial charge in [-0.2, -0.15) is 0 Å². The average Bonchev–Trinajstić information content (AvgIpc) is 3.47. The Labute approximate surface area is 293 Å². The highest BCUT2D eigenvalue weighted by Crippen LogP contribution is 2.61. The smallest absolute Gasteiger partial charge is 0.187 e. The molecule has 2 atom stereocenters. The average molecular weight is 665 g/mol. The number of fused-ring (bicyclic) bond motifs is 8. The first-order valence-corrected chi connectivity index (χ1v) is 17.1. The van der Waals surface area contributed by atoms with Crippen molar-refractivity contribution in [3.63, 3.8) is 0 Å². The second-order valence-electron chi connectivity index (χ2n) is 13.2. The molecule has 1 fully saturated rings. The van der Waals surface area contributed by atoms with Crippen molar-refractivity contribution in [1.82, 2.24) is 0 Å². The molecule has 0 spiro atoms. The maximum atomic E-state index is 7.84. The van der Waals surface area contributed by atoms with E-state index in [1.165, 1.54) is 5.56 Å². The fourth-order valence-electron chi connectivity index (χ4n) is 8.20. The van der Waals surface area contributed by atoms with Gasteiger partial charge in [-0.25, -0.2) is 4.85 Å². The maximum absolute atomic E-state index is 7.84. The summed E-state index contributed by atoms with van der Waals surface area (Å²) in [6, 6.07) is 27.1. The molecular formula is C43H40N2O5. The summed E-state index contributed by atoms with van der Waals surface area (Å²) in [5, 5.41) is 2.00. The van der Waals surface area contributed by atoms with Crippen molar-refractivity contribution in [2.24, 2.45) is 0 Å². The Bertz CT molecular complexity index is 2190. The second-order valence-corrected chi connectivity index (χ2v) is 13.2. The molecule has 1 saturated heterocycles. The molecule has 1 aliphatic carbocycles. The van der Waals surface area contributed by atoms with Crippen molar-refractivity contribution in [3.05, 3.63) is 130 Å². The molecule has 8 rings (SSSR count). The second kappa shape index (κ2) is 12.2. The fraction of sp³-hybridized carbons (Fsp3) is 0.279. The van der Waals surface area contributed by atoms with Crippen LogP contribution in [0.4, 0.5) is 11.4 Å². The molecule has 5 aromatic carbocycles. The van der Waals surface area contributed by atoms with Crippen LogP contribution in [0.2, 0.25) is 0 Å². The molecule has 0 saturated carbocycles. The summed E-state index contributed by atoms with van der Waals surface area (Å²) >= 11 is 0. The maximum Gasteiger partial charge on any atom is 0.187 e. The van der Waals surface area contributed by atoms with Gasteiger partial charge in [0.1, 0.15) is 22.8 Å². The highest BCUT2D eigenvalue weighted by Gasteiger charge is 2.48. The molecule has 3 aliphatic rings. The number of methoxy groups -OCH3 is 3. The van der Waals surface area contributed by atoms with Crippen LogP contribution in [-0.4, -0.2) is 47.6 Å². The van der Waals surface area contributed by atoms with Crippen LogP contribution in [0, 0.1) is 13.5 Å². The lowest BCUT2D eigenvalue weighted by atomic mass is 9.79. The molecule has 0 bridgehead atoms. The summed E-state index contributed by atoms with van der Waals surface area (Å²) in [4.78, 5) is 6.15. The molecule has 0 N–H and O–H groups in total. The van der Waals surface area contributed by atoms with Crippen LogP contribution < -0.4 is 19.1 Å². The van der Waals surface area contributed by atoms with Crippen LogP contribution in [0.5, 0.6) is 17.2 Å². The zero-order valence-electron chi connectivity index (χ0n) is 29.1. The van der Waals surface area contributed by atoms with E-state index in [0.717, 1.165) is 85.7 Å². The SMILES string of the molecule is [C-]#[N+]c1ccc2c(c1)C(CC)(OC)c1c3c(c4cc(OC)c(N5CCOCC5)cc4c1-2)OC(c1ccc(C)cc1)(c1ccc(OC)cc1)C=C3. The minimum atomic E-state index is -0.936. The molecule has 2 heterocycles. The van der Waals surface area contributed by atoms with Gasteiger partial charge in [-0.15, -0.1) is 0 Å². The van der Waals surface area contributed by atoms with Crippen molar-refractivity contribution in [3.8, 4) is 28.4 Å². The molecule has 2 unspecified atom stereocenters. The zero-order chi connectivity index (χ0) is 34.6. The van der Waals surface area contributed by atoms with Crippen LogP contribution >= 0.6 is 0 Å². The van der Waals surface area contributed by atoms with Crippen LogP contribution in [-0.2, 0) is 20.7 Å². The van der Waals surface area contributed by atoms with E-state index >= 15 is 0 Å². The standard InChI is InChI=1S/C43H40N2O5/c1-7-42(48-6)36-24-30(44-3)14-17-32(36)39-34-25-37(45-20-22-49-23-21-45)38(47-5)26-35(34)41-33(40(39)42)18-19-43(50-41,28-10-8-27(2)9-11-28)29-12-15-31(46-4)16-13-29/h8-19,24-26H,7,20-23H2,1-2,4-6H3. The molecule has 0 aromatic heterocycles. The van der Waals surface area contributed by atoms with E-state index in [-0.39, 0.29) is 0 Å². The highest BCUT2D eigenvalue weighted by molar-refractivity contribution is 6.10. The first-order chi connectivity index (χ1) is 24.4. The van der Waals surface area contributed by atoms with Gasteiger partial charge in [-0.3, -0.25) is 0 Å². The molecule has 0 amide bonds. The molecule has 7 nitrogen and oxygen atoms in total. The summed E-state index contributed by atoms with van der Waals surface area (Å²) in [6.07, 6.45) is 5.07. The molecule has 7 heteroatoms. The van der Waals surface area contributed by atoms with Gasteiger partial charge in [0.15, 0.2) is 11.3 Å². The summed E-state index contributed by atoms with van der Waals surface area (Å²) in [7, 11) is 5.18. The Morgan fingerprint density at radius 2 is 1.58 bits per heavy atom. The Morgan fingerprint density at radius 1 is 0.860 bits per heavy atom. The van der Waals surface area contributed by atoms with Crippen LogP contribution in [0.25, 0.3) is 32.8 Å². The van der Waals surface area contributed by atoms with Crippen molar-refractivity contribution >= 4 is 28.2 Å². The molecule has 5 aromatic rings. The molecule has 252 valence electrons. The normalized spacial score (nSPS) is 20.4. The summed E-state index contributed by atoms with van der Waals surface area (Å²) in [5.41, 5.74) is 8.25. The predicted molar refractivity (Wildman–Crippen MR) is 198 cm³/mol. The highest BCUT2D eigenvalue weighted by atomic mass is 16.5. The number of anilines is 1. The molecule has 2 aliphatic heterocycles. The van der Waals surface area contributed by atoms with Crippen molar-refractivity contribution < 1.29 is 23.7 Å². The van der Waals surface area contributed by atoms with Crippen molar-refractivity contribution in [1.29, 1.82) is 0 Å². The van der Waals surface area contributed by atoms with Crippen molar-refractivity contribution in [2.45, 2.75) is 31.5 Å². The van der Waals surface area contributed by atoms with E-state index < -0.39 is 11.2 Å². The summed E-state index contributed by atoms with van der Waals surface area (Å²) in [5.74, 6) is 2.32. The van der Waals surface area contributed by atoms with Gasteiger partial charge in [0.2, 0.25) is 0 Å². The van der Waals surface area contributed by atoms with Crippen LogP contribution in [0.3, 0.4) is 0 Å². The van der Waals surface area contributed by atoms with Crippen LogP contribution in [0.15, 0.2) is 84.9 Å². The van der Waals surface area contributed by atoms with E-state index in [9.17, 15) is 0 Å². The Hall–Kier alpha value is -5.29. The number of hydrogen-bond acceptors (Lipinski definition) is 6. The van der Waals surface area contributed by atoms with Gasteiger partial charge in [-0.05, 0) is 71.8 Å². The lowest BCUT2D eigenvalue weighted by molar-refractivity contribution is 0.0220. The number of benzene rings is 5. The lowest BCUT2D eigenvalue weighted by Crippen LogP contribution is -2.36. The quantitative estimate of drug-likeness (QED) is 0.162. The third kappa shape index (κ3) is 4.63. The predicted octanol–water partition coefficient (Wildman–Crippen LogP) is 9.18. The Balaban J connectivity index is 1.48. The number of hydrogen-bond donors (Lipinski definition) is 0.